The van der Waals surface area contributed by atoms with Crippen molar-refractivity contribution in [1.29, 1.82) is 0 Å². The van der Waals surface area contributed by atoms with Gasteiger partial charge in [-0.15, -0.1) is 11.3 Å². The number of thiophene rings is 1. The summed E-state index contributed by atoms with van der Waals surface area (Å²) >= 11 is 1.22. The zero-order valence-corrected chi connectivity index (χ0v) is 21.1. The lowest BCUT2D eigenvalue weighted by Gasteiger charge is -2.36. The molecular weight excluding hydrogens is 488 g/mol. The minimum absolute atomic E-state index is 0.00441. The van der Waals surface area contributed by atoms with Crippen LogP contribution in [0.25, 0.3) is 0 Å². The van der Waals surface area contributed by atoms with E-state index in [1.165, 1.54) is 11.3 Å². The van der Waals surface area contributed by atoms with Crippen LogP contribution < -0.4 is 26.0 Å². The molecule has 4 rings (SSSR count). The summed E-state index contributed by atoms with van der Waals surface area (Å²) in [7, 11) is 4.14. The first kappa shape index (κ1) is 25.6. The van der Waals surface area contributed by atoms with E-state index in [1.807, 2.05) is 13.0 Å². The number of aryl methyl sites for hydroxylation is 1. The van der Waals surface area contributed by atoms with E-state index in [1.54, 1.807) is 29.8 Å². The van der Waals surface area contributed by atoms with Gasteiger partial charge >= 0.3 is 6.61 Å². The van der Waals surface area contributed by atoms with Crippen molar-refractivity contribution in [2.75, 3.05) is 42.7 Å². The Hall–Kier alpha value is -3.51. The molecule has 0 bridgehead atoms. The number of amides is 1. The molecule has 1 aliphatic heterocycles. The average Bonchev–Trinajstić information content (AvgIpc) is 3.30. The number of halogens is 2. The molecule has 0 saturated carbocycles. The first-order chi connectivity index (χ1) is 17.2. The SMILES string of the molecule is Cc1cnc(Nc2ccc(N3CCC(N(C)C)CC3)cc2OC(F)F)nc1Nc1ccsc1C(N)=O. The van der Waals surface area contributed by atoms with Gasteiger partial charge in [-0.3, -0.25) is 4.79 Å². The molecule has 3 aromatic rings. The molecule has 9 nitrogen and oxygen atoms in total. The van der Waals surface area contributed by atoms with Gasteiger partial charge in [0.05, 0.1) is 11.4 Å². The van der Waals surface area contributed by atoms with Crippen molar-refractivity contribution in [3.8, 4) is 5.75 Å². The van der Waals surface area contributed by atoms with Gasteiger partial charge in [0.15, 0.2) is 5.75 Å². The molecule has 1 aromatic carbocycles. The van der Waals surface area contributed by atoms with Crippen LogP contribution in [0.15, 0.2) is 35.8 Å². The number of aromatic nitrogens is 2. The lowest BCUT2D eigenvalue weighted by molar-refractivity contribution is -0.0493. The standard InChI is InChI=1S/C24H29F2N7O2S/c1-14-13-28-24(31-22(14)29-18-8-11-36-20(18)21(27)34)30-17-5-4-16(12-19(17)35-23(25)26)33-9-6-15(7-10-33)32(2)3/h4-5,8,11-13,15,23H,6-7,9-10H2,1-3H3,(H2,27,34)(H2,28,29,30,31). The Kier molecular flexibility index (Phi) is 7.85. The molecular formula is C24H29F2N7O2S. The molecule has 1 aliphatic rings. The normalized spacial score (nSPS) is 14.4. The van der Waals surface area contributed by atoms with Gasteiger partial charge in [0.1, 0.15) is 10.7 Å². The van der Waals surface area contributed by atoms with Crippen molar-refractivity contribution in [2.24, 2.45) is 5.73 Å². The van der Waals surface area contributed by atoms with Gasteiger partial charge in [0.25, 0.3) is 5.91 Å². The van der Waals surface area contributed by atoms with Crippen LogP contribution in [-0.4, -0.2) is 60.6 Å². The molecule has 0 atom stereocenters. The largest absolute Gasteiger partial charge is 0.433 e. The molecule has 0 unspecified atom stereocenters. The van der Waals surface area contributed by atoms with Crippen LogP contribution in [0, 0.1) is 6.92 Å². The summed E-state index contributed by atoms with van der Waals surface area (Å²) in [6, 6.07) is 7.41. The van der Waals surface area contributed by atoms with Crippen LogP contribution in [0.1, 0.15) is 28.1 Å². The van der Waals surface area contributed by atoms with Gasteiger partial charge < -0.3 is 30.9 Å². The van der Waals surface area contributed by atoms with Crippen molar-refractivity contribution in [3.63, 3.8) is 0 Å². The number of benzene rings is 1. The Labute approximate surface area is 212 Å². The highest BCUT2D eigenvalue weighted by Crippen LogP contribution is 2.34. The molecule has 0 spiro atoms. The maximum Gasteiger partial charge on any atom is 0.387 e. The fourth-order valence-electron chi connectivity index (χ4n) is 4.12. The predicted molar refractivity (Wildman–Crippen MR) is 138 cm³/mol. The first-order valence-corrected chi connectivity index (χ1v) is 12.3. The van der Waals surface area contributed by atoms with Gasteiger partial charge in [0.2, 0.25) is 5.95 Å². The fraction of sp³-hybridized carbons (Fsp3) is 0.375. The number of nitrogens with zero attached hydrogens (tertiary/aromatic N) is 4. The van der Waals surface area contributed by atoms with E-state index in [2.05, 4.69) is 44.5 Å². The summed E-state index contributed by atoms with van der Waals surface area (Å²) in [5.74, 6) is 0.0878. The van der Waals surface area contributed by atoms with Crippen LogP contribution >= 0.6 is 11.3 Å². The second kappa shape index (κ2) is 11.0. The quantitative estimate of drug-likeness (QED) is 0.379. The van der Waals surface area contributed by atoms with Crippen molar-refractivity contribution >= 4 is 46.1 Å². The van der Waals surface area contributed by atoms with Gasteiger partial charge in [0, 0.05) is 42.6 Å². The van der Waals surface area contributed by atoms with E-state index in [-0.39, 0.29) is 11.7 Å². The number of rotatable bonds is 9. The minimum atomic E-state index is -2.98. The minimum Gasteiger partial charge on any atom is -0.433 e. The van der Waals surface area contributed by atoms with Crippen molar-refractivity contribution < 1.29 is 18.3 Å². The van der Waals surface area contributed by atoms with Gasteiger partial charge in [-0.2, -0.15) is 13.8 Å². The summed E-state index contributed by atoms with van der Waals surface area (Å²) in [5, 5.41) is 7.82. The zero-order chi connectivity index (χ0) is 25.8. The third-order valence-corrected chi connectivity index (χ3v) is 7.03. The molecule has 4 N–H and O–H groups in total. The monoisotopic (exact) mass is 517 g/mol. The summed E-state index contributed by atoms with van der Waals surface area (Å²) in [6.45, 7) is 0.482. The van der Waals surface area contributed by atoms with Crippen molar-refractivity contribution in [1.82, 2.24) is 14.9 Å². The summed E-state index contributed by atoms with van der Waals surface area (Å²) in [6.07, 6.45) is 3.57. The topological polar surface area (TPSA) is 109 Å². The number of nitrogens with one attached hydrogen (secondary N) is 2. The fourth-order valence-corrected chi connectivity index (χ4v) is 4.82. The first-order valence-electron chi connectivity index (χ1n) is 11.5. The number of carbonyl (C=O) groups excluding carboxylic acids is 1. The maximum atomic E-state index is 13.2. The second-order valence-corrected chi connectivity index (χ2v) is 9.66. The smallest absolute Gasteiger partial charge is 0.387 e. The Bertz CT molecular complexity index is 1210. The van der Waals surface area contributed by atoms with Gasteiger partial charge in [-0.1, -0.05) is 0 Å². The summed E-state index contributed by atoms with van der Waals surface area (Å²) in [4.78, 5) is 25.1. The Balaban J connectivity index is 1.55. The van der Waals surface area contributed by atoms with Crippen LogP contribution in [0.3, 0.4) is 0 Å². The van der Waals surface area contributed by atoms with Crippen LogP contribution in [0.4, 0.5) is 37.6 Å². The Morgan fingerprint density at radius 1 is 1.22 bits per heavy atom. The molecule has 3 heterocycles. The molecule has 1 amide bonds. The number of carbonyl (C=O) groups is 1. The van der Waals surface area contributed by atoms with Gasteiger partial charge in [-0.25, -0.2) is 4.98 Å². The highest BCUT2D eigenvalue weighted by Gasteiger charge is 2.22. The summed E-state index contributed by atoms with van der Waals surface area (Å²) in [5.41, 5.74) is 7.81. The zero-order valence-electron chi connectivity index (χ0n) is 20.3. The number of alkyl halides is 2. The lowest BCUT2D eigenvalue weighted by atomic mass is 10.0. The molecule has 192 valence electrons. The van der Waals surface area contributed by atoms with E-state index >= 15 is 0 Å². The second-order valence-electron chi connectivity index (χ2n) is 8.74. The molecule has 12 heteroatoms. The van der Waals surface area contributed by atoms with Crippen molar-refractivity contribution in [3.05, 3.63) is 46.3 Å². The number of hydrogen-bond acceptors (Lipinski definition) is 9. The van der Waals surface area contributed by atoms with Crippen LogP contribution in [0.5, 0.6) is 5.75 Å². The lowest BCUT2D eigenvalue weighted by Crippen LogP contribution is -2.41. The highest BCUT2D eigenvalue weighted by molar-refractivity contribution is 7.12. The van der Waals surface area contributed by atoms with E-state index < -0.39 is 12.5 Å². The molecule has 0 aliphatic carbocycles. The van der Waals surface area contributed by atoms with Crippen LogP contribution in [-0.2, 0) is 0 Å². The molecule has 2 aromatic heterocycles. The molecule has 0 radical (unpaired) electrons. The Morgan fingerprint density at radius 2 is 1.97 bits per heavy atom. The van der Waals surface area contributed by atoms with E-state index in [9.17, 15) is 13.6 Å². The number of piperidine rings is 1. The molecule has 1 saturated heterocycles. The molecule has 1 fully saturated rings. The van der Waals surface area contributed by atoms with E-state index in [4.69, 9.17) is 10.5 Å². The predicted octanol–water partition coefficient (Wildman–Crippen LogP) is 4.56. The Morgan fingerprint density at radius 3 is 2.64 bits per heavy atom. The summed E-state index contributed by atoms with van der Waals surface area (Å²) < 4.78 is 31.3. The van der Waals surface area contributed by atoms with Crippen LogP contribution in [0.2, 0.25) is 0 Å². The average molecular weight is 518 g/mol. The number of nitrogens with two attached hydrogens (primary N) is 1. The third-order valence-electron chi connectivity index (χ3n) is 6.10. The number of ether oxygens (including phenoxy) is 1. The number of primary amides is 1. The third kappa shape index (κ3) is 6.00. The van der Waals surface area contributed by atoms with E-state index in [0.717, 1.165) is 37.2 Å². The number of anilines is 5. The number of hydrogen-bond donors (Lipinski definition) is 3. The maximum absolute atomic E-state index is 13.2. The highest BCUT2D eigenvalue weighted by atomic mass is 32.1. The van der Waals surface area contributed by atoms with E-state index in [0.29, 0.717) is 28.1 Å². The molecule has 36 heavy (non-hydrogen) atoms. The van der Waals surface area contributed by atoms with Crippen molar-refractivity contribution in [2.45, 2.75) is 32.4 Å². The van der Waals surface area contributed by atoms with Gasteiger partial charge in [-0.05, 0) is 57.4 Å².